The van der Waals surface area contributed by atoms with Crippen molar-refractivity contribution in [2.45, 2.75) is 12.8 Å². The third kappa shape index (κ3) is 4.31. The Morgan fingerprint density at radius 1 is 1.21 bits per heavy atom. The van der Waals surface area contributed by atoms with Crippen molar-refractivity contribution in [2.75, 3.05) is 6.61 Å². The second-order valence-electron chi connectivity index (χ2n) is 4.08. The van der Waals surface area contributed by atoms with E-state index in [9.17, 15) is 4.79 Å². The lowest BCUT2D eigenvalue weighted by Crippen LogP contribution is -2.08. The number of benzene rings is 1. The van der Waals surface area contributed by atoms with Gasteiger partial charge in [0.15, 0.2) is 0 Å². The van der Waals surface area contributed by atoms with Crippen LogP contribution < -0.4 is 0 Å². The van der Waals surface area contributed by atoms with E-state index < -0.39 is 0 Å². The lowest BCUT2D eigenvalue weighted by Gasteiger charge is -2.06. The first-order chi connectivity index (χ1) is 9.27. The summed E-state index contributed by atoms with van der Waals surface area (Å²) in [5.41, 5.74) is 1.79. The molecule has 4 heteroatoms. The number of halogens is 1. The van der Waals surface area contributed by atoms with Gasteiger partial charge in [0.2, 0.25) is 0 Å². The SMILES string of the molecule is O=C(OCCCc1cccnc1)c1ccccc1I. The fourth-order valence-electron chi connectivity index (χ4n) is 1.69. The van der Waals surface area contributed by atoms with Crippen molar-refractivity contribution in [1.29, 1.82) is 0 Å². The molecule has 2 aromatic rings. The minimum atomic E-state index is -0.254. The number of esters is 1. The number of hydrogen-bond donors (Lipinski definition) is 0. The molecule has 0 amide bonds. The predicted molar refractivity (Wildman–Crippen MR) is 82.0 cm³/mol. The maximum Gasteiger partial charge on any atom is 0.339 e. The summed E-state index contributed by atoms with van der Waals surface area (Å²) in [5, 5.41) is 0. The van der Waals surface area contributed by atoms with Gasteiger partial charge in [-0.25, -0.2) is 4.79 Å². The molecule has 0 unspecified atom stereocenters. The van der Waals surface area contributed by atoms with Crippen molar-refractivity contribution in [1.82, 2.24) is 4.98 Å². The Bertz CT molecular complexity index is 543. The van der Waals surface area contributed by atoms with Crippen LogP contribution in [0.3, 0.4) is 0 Å². The summed E-state index contributed by atoms with van der Waals surface area (Å²) in [4.78, 5) is 15.9. The van der Waals surface area contributed by atoms with Crippen LogP contribution in [0.4, 0.5) is 0 Å². The number of aryl methyl sites for hydroxylation is 1. The third-order valence-electron chi connectivity index (χ3n) is 2.66. The first kappa shape index (κ1) is 14.0. The summed E-state index contributed by atoms with van der Waals surface area (Å²) < 4.78 is 6.18. The van der Waals surface area contributed by atoms with Gasteiger partial charge in [0.25, 0.3) is 0 Å². The topological polar surface area (TPSA) is 39.2 Å². The highest BCUT2D eigenvalue weighted by Gasteiger charge is 2.09. The van der Waals surface area contributed by atoms with Crippen molar-refractivity contribution < 1.29 is 9.53 Å². The summed E-state index contributed by atoms with van der Waals surface area (Å²) in [6.07, 6.45) is 5.26. The first-order valence-corrected chi connectivity index (χ1v) is 7.16. The summed E-state index contributed by atoms with van der Waals surface area (Å²) in [5.74, 6) is -0.254. The van der Waals surface area contributed by atoms with Gasteiger partial charge in [-0.15, -0.1) is 0 Å². The number of carbonyl (C=O) groups excluding carboxylic acids is 1. The molecule has 0 radical (unpaired) electrons. The van der Waals surface area contributed by atoms with Crippen molar-refractivity contribution in [3.8, 4) is 0 Å². The number of ether oxygens (including phenoxy) is 1. The average molecular weight is 367 g/mol. The maximum absolute atomic E-state index is 11.8. The van der Waals surface area contributed by atoms with Crippen LogP contribution in [0, 0.1) is 3.57 Å². The van der Waals surface area contributed by atoms with E-state index in [-0.39, 0.29) is 5.97 Å². The fraction of sp³-hybridized carbons (Fsp3) is 0.200. The van der Waals surface area contributed by atoms with Crippen molar-refractivity contribution in [3.63, 3.8) is 0 Å². The van der Waals surface area contributed by atoms with Crippen molar-refractivity contribution in [2.24, 2.45) is 0 Å². The molecule has 0 fully saturated rings. The van der Waals surface area contributed by atoms with Gasteiger partial charge in [-0.1, -0.05) is 18.2 Å². The molecule has 0 spiro atoms. The van der Waals surface area contributed by atoms with Crippen LogP contribution >= 0.6 is 22.6 Å². The Kier molecular flexibility index (Phi) is 5.32. The zero-order valence-electron chi connectivity index (χ0n) is 10.4. The minimum Gasteiger partial charge on any atom is -0.462 e. The molecule has 0 aliphatic heterocycles. The van der Waals surface area contributed by atoms with Crippen molar-refractivity contribution in [3.05, 3.63) is 63.5 Å². The van der Waals surface area contributed by atoms with E-state index in [2.05, 4.69) is 27.6 Å². The zero-order chi connectivity index (χ0) is 13.5. The summed E-state index contributed by atoms with van der Waals surface area (Å²) >= 11 is 2.14. The molecule has 0 aliphatic rings. The predicted octanol–water partition coefficient (Wildman–Crippen LogP) is 3.48. The molecule has 0 N–H and O–H groups in total. The fourth-order valence-corrected chi connectivity index (χ4v) is 2.30. The molecular weight excluding hydrogens is 353 g/mol. The molecule has 2 rings (SSSR count). The molecule has 0 saturated carbocycles. The zero-order valence-corrected chi connectivity index (χ0v) is 12.5. The monoisotopic (exact) mass is 367 g/mol. The summed E-state index contributed by atoms with van der Waals surface area (Å²) in [6, 6.07) is 11.4. The number of nitrogens with zero attached hydrogens (tertiary/aromatic N) is 1. The molecule has 1 aromatic carbocycles. The van der Waals surface area contributed by atoms with Crippen LogP contribution in [-0.4, -0.2) is 17.6 Å². The average Bonchev–Trinajstić information content (AvgIpc) is 2.45. The Morgan fingerprint density at radius 3 is 2.79 bits per heavy atom. The second kappa shape index (κ2) is 7.23. The molecule has 1 heterocycles. The van der Waals surface area contributed by atoms with E-state index in [1.807, 2.05) is 36.5 Å². The van der Waals surface area contributed by atoms with E-state index >= 15 is 0 Å². The van der Waals surface area contributed by atoms with Crippen LogP contribution in [0.1, 0.15) is 22.3 Å². The highest BCUT2D eigenvalue weighted by atomic mass is 127. The van der Waals surface area contributed by atoms with E-state index in [0.29, 0.717) is 12.2 Å². The van der Waals surface area contributed by atoms with Crippen molar-refractivity contribution >= 4 is 28.6 Å². The molecule has 0 saturated heterocycles. The Hall–Kier alpha value is -1.43. The number of pyridine rings is 1. The minimum absolute atomic E-state index is 0.254. The van der Waals surface area contributed by atoms with E-state index in [4.69, 9.17) is 4.74 Å². The van der Waals surface area contributed by atoms with Crippen LogP contribution in [0.2, 0.25) is 0 Å². The van der Waals surface area contributed by atoms with Gasteiger partial charge in [-0.2, -0.15) is 0 Å². The molecule has 98 valence electrons. The standard InChI is InChI=1S/C15H14INO2/c16-14-8-2-1-7-13(14)15(18)19-10-4-6-12-5-3-9-17-11-12/h1-3,5,7-9,11H,4,6,10H2. The molecule has 0 bridgehead atoms. The van der Waals surface area contributed by atoms with Gasteiger partial charge in [-0.3, -0.25) is 4.98 Å². The lowest BCUT2D eigenvalue weighted by atomic mass is 10.2. The molecule has 1 aromatic heterocycles. The normalized spacial score (nSPS) is 10.2. The van der Waals surface area contributed by atoms with Crippen LogP contribution in [-0.2, 0) is 11.2 Å². The smallest absolute Gasteiger partial charge is 0.339 e. The van der Waals surface area contributed by atoms with Gasteiger partial charge in [-0.05, 0) is 59.2 Å². The molecule has 0 aliphatic carbocycles. The summed E-state index contributed by atoms with van der Waals surface area (Å²) in [7, 11) is 0. The number of rotatable bonds is 5. The van der Waals surface area contributed by atoms with E-state index in [1.165, 1.54) is 0 Å². The number of hydrogen-bond acceptors (Lipinski definition) is 3. The quantitative estimate of drug-likeness (QED) is 0.462. The largest absolute Gasteiger partial charge is 0.462 e. The Labute approximate surface area is 126 Å². The number of carbonyl (C=O) groups is 1. The maximum atomic E-state index is 11.8. The molecular formula is C15H14INO2. The Morgan fingerprint density at radius 2 is 2.05 bits per heavy atom. The second-order valence-corrected chi connectivity index (χ2v) is 5.24. The van der Waals surface area contributed by atoms with Gasteiger partial charge in [0.1, 0.15) is 0 Å². The van der Waals surface area contributed by atoms with Crippen LogP contribution in [0.25, 0.3) is 0 Å². The van der Waals surface area contributed by atoms with Gasteiger partial charge in [0.05, 0.1) is 12.2 Å². The lowest BCUT2D eigenvalue weighted by molar-refractivity contribution is 0.0499. The molecule has 0 atom stereocenters. The van der Waals surface area contributed by atoms with Crippen LogP contribution in [0.15, 0.2) is 48.8 Å². The Balaban J connectivity index is 1.77. The summed E-state index contributed by atoms with van der Waals surface area (Å²) in [6.45, 7) is 0.429. The molecule has 19 heavy (non-hydrogen) atoms. The van der Waals surface area contributed by atoms with E-state index in [0.717, 1.165) is 22.0 Å². The van der Waals surface area contributed by atoms with Crippen LogP contribution in [0.5, 0.6) is 0 Å². The highest BCUT2D eigenvalue weighted by Crippen LogP contribution is 2.12. The molecule has 3 nitrogen and oxygen atoms in total. The van der Waals surface area contributed by atoms with E-state index in [1.54, 1.807) is 12.3 Å². The highest BCUT2D eigenvalue weighted by molar-refractivity contribution is 14.1. The van der Waals surface area contributed by atoms with Gasteiger partial charge >= 0.3 is 5.97 Å². The van der Waals surface area contributed by atoms with Gasteiger partial charge in [0, 0.05) is 16.0 Å². The third-order valence-corrected chi connectivity index (χ3v) is 3.60. The number of aromatic nitrogens is 1. The van der Waals surface area contributed by atoms with Gasteiger partial charge < -0.3 is 4.74 Å². The first-order valence-electron chi connectivity index (χ1n) is 6.08.